The summed E-state index contributed by atoms with van der Waals surface area (Å²) >= 11 is 1.76. The monoisotopic (exact) mass is 359 g/mol. The maximum Gasteiger partial charge on any atom is 0.185 e. The summed E-state index contributed by atoms with van der Waals surface area (Å²) in [5.41, 5.74) is 1.40. The number of aromatic nitrogens is 1. The third-order valence-electron chi connectivity index (χ3n) is 5.17. The quantitative estimate of drug-likeness (QED) is 0.822. The molecule has 2 aromatic rings. The number of hydrogen-bond acceptors (Lipinski definition) is 5. The zero-order valence-electron chi connectivity index (χ0n) is 15.3. The van der Waals surface area contributed by atoms with Crippen LogP contribution < -0.4 is 4.90 Å². The van der Waals surface area contributed by atoms with Gasteiger partial charge in [-0.3, -0.25) is 4.90 Å². The lowest BCUT2D eigenvalue weighted by atomic mass is 9.76. The van der Waals surface area contributed by atoms with Crippen molar-refractivity contribution in [3.05, 3.63) is 47.0 Å². The number of piperidine rings is 1. The predicted octanol–water partition coefficient (Wildman–Crippen LogP) is 3.42. The van der Waals surface area contributed by atoms with Crippen molar-refractivity contribution in [1.82, 2.24) is 9.88 Å². The lowest BCUT2D eigenvalue weighted by Gasteiger charge is -2.42. The summed E-state index contributed by atoms with van der Waals surface area (Å²) in [6.07, 6.45) is 6.38. The normalized spacial score (nSPS) is 21.4. The van der Waals surface area contributed by atoms with E-state index in [0.717, 1.165) is 50.4 Å². The third-order valence-corrected chi connectivity index (χ3v) is 6.32. The Kier molecular flexibility index (Phi) is 6.10. The summed E-state index contributed by atoms with van der Waals surface area (Å²) < 4.78 is 0. The number of rotatable bonds is 7. The van der Waals surface area contributed by atoms with E-state index < -0.39 is 0 Å². The zero-order valence-corrected chi connectivity index (χ0v) is 16.1. The smallest absolute Gasteiger partial charge is 0.185 e. The molecule has 0 bridgehead atoms. The topological polar surface area (TPSA) is 39.6 Å². The zero-order chi connectivity index (χ0) is 17.7. The summed E-state index contributed by atoms with van der Waals surface area (Å²) in [5.74, 6) is 0. The highest BCUT2D eigenvalue weighted by molar-refractivity contribution is 7.15. The van der Waals surface area contributed by atoms with Gasteiger partial charge in [0.05, 0.1) is 0 Å². The highest BCUT2D eigenvalue weighted by Gasteiger charge is 2.34. The van der Waals surface area contributed by atoms with Crippen LogP contribution in [-0.4, -0.2) is 48.8 Å². The largest absolute Gasteiger partial charge is 0.396 e. The van der Waals surface area contributed by atoms with Crippen molar-refractivity contribution < 1.29 is 5.11 Å². The Morgan fingerprint density at radius 1 is 1.28 bits per heavy atom. The van der Waals surface area contributed by atoms with Crippen LogP contribution in [0.1, 0.15) is 29.7 Å². The lowest BCUT2D eigenvalue weighted by molar-refractivity contribution is 0.0228. The van der Waals surface area contributed by atoms with Crippen LogP contribution in [0.4, 0.5) is 5.13 Å². The SMILES string of the molecule is CN(C)c1ncc(CN2CCC[C@@](CO)(CCc3ccccc3)C2)s1. The fraction of sp³-hybridized carbons (Fsp3) is 0.550. The highest BCUT2D eigenvalue weighted by Crippen LogP contribution is 2.35. The number of aliphatic hydroxyl groups excluding tert-OH is 1. The Morgan fingerprint density at radius 3 is 2.76 bits per heavy atom. The highest BCUT2D eigenvalue weighted by atomic mass is 32.1. The molecule has 1 saturated heterocycles. The average molecular weight is 360 g/mol. The molecule has 1 atom stereocenters. The summed E-state index contributed by atoms with van der Waals surface area (Å²) in [6.45, 7) is 3.31. The molecular formula is C20H29N3OS. The van der Waals surface area contributed by atoms with Gasteiger partial charge in [0.2, 0.25) is 0 Å². The Balaban J connectivity index is 1.61. The minimum Gasteiger partial charge on any atom is -0.396 e. The van der Waals surface area contributed by atoms with Crippen LogP contribution in [-0.2, 0) is 13.0 Å². The third kappa shape index (κ3) is 4.81. The maximum atomic E-state index is 10.1. The molecule has 5 heteroatoms. The number of aliphatic hydroxyl groups is 1. The van der Waals surface area contributed by atoms with Gasteiger partial charge in [-0.25, -0.2) is 4.98 Å². The molecule has 2 heterocycles. The molecule has 1 aromatic carbocycles. The van der Waals surface area contributed by atoms with Crippen molar-refractivity contribution in [2.75, 3.05) is 38.7 Å². The van der Waals surface area contributed by atoms with E-state index in [4.69, 9.17) is 0 Å². The standard InChI is InChI=1S/C20H29N3OS/c1-22(2)19-21-13-18(25-19)14-23-12-6-10-20(15-23,16-24)11-9-17-7-4-3-5-8-17/h3-5,7-8,13,24H,6,9-12,14-16H2,1-2H3/t20-/m1/s1. The van der Waals surface area contributed by atoms with Gasteiger partial charge >= 0.3 is 0 Å². The molecule has 0 unspecified atom stereocenters. The molecule has 0 radical (unpaired) electrons. The van der Waals surface area contributed by atoms with E-state index >= 15 is 0 Å². The number of aryl methyl sites for hydroxylation is 1. The average Bonchev–Trinajstić information content (AvgIpc) is 3.10. The van der Waals surface area contributed by atoms with Crippen LogP contribution in [0.25, 0.3) is 0 Å². The van der Waals surface area contributed by atoms with E-state index in [2.05, 4.69) is 45.1 Å². The first-order chi connectivity index (χ1) is 12.1. The number of anilines is 1. The fourth-order valence-electron chi connectivity index (χ4n) is 3.71. The number of thiazole rings is 1. The van der Waals surface area contributed by atoms with E-state index in [1.54, 1.807) is 11.3 Å². The molecule has 0 amide bonds. The van der Waals surface area contributed by atoms with E-state index in [9.17, 15) is 5.11 Å². The van der Waals surface area contributed by atoms with Crippen molar-refractivity contribution >= 4 is 16.5 Å². The molecule has 0 saturated carbocycles. The molecular weight excluding hydrogens is 330 g/mol. The van der Waals surface area contributed by atoms with Gasteiger partial charge in [0, 0.05) is 50.3 Å². The predicted molar refractivity (Wildman–Crippen MR) is 105 cm³/mol. The van der Waals surface area contributed by atoms with Crippen LogP contribution in [0, 0.1) is 5.41 Å². The van der Waals surface area contributed by atoms with Gasteiger partial charge in [0.25, 0.3) is 0 Å². The molecule has 136 valence electrons. The molecule has 1 N–H and O–H groups in total. The summed E-state index contributed by atoms with van der Waals surface area (Å²) in [6, 6.07) is 10.6. The fourth-order valence-corrected chi connectivity index (χ4v) is 4.58. The van der Waals surface area contributed by atoms with Gasteiger partial charge < -0.3 is 10.0 Å². The molecule has 1 aromatic heterocycles. The number of nitrogens with zero attached hydrogens (tertiary/aromatic N) is 3. The first-order valence-corrected chi connectivity index (χ1v) is 9.91. The number of benzene rings is 1. The van der Waals surface area contributed by atoms with Crippen molar-refractivity contribution in [2.24, 2.45) is 5.41 Å². The van der Waals surface area contributed by atoms with Crippen molar-refractivity contribution in [3.63, 3.8) is 0 Å². The summed E-state index contributed by atoms with van der Waals surface area (Å²) in [7, 11) is 4.06. The van der Waals surface area contributed by atoms with Crippen molar-refractivity contribution in [2.45, 2.75) is 32.2 Å². The lowest BCUT2D eigenvalue weighted by Crippen LogP contribution is -2.45. The Labute approximate surface area is 155 Å². The van der Waals surface area contributed by atoms with Crippen molar-refractivity contribution in [3.8, 4) is 0 Å². The van der Waals surface area contributed by atoms with Crippen molar-refractivity contribution in [1.29, 1.82) is 0 Å². The van der Waals surface area contributed by atoms with Crippen LogP contribution in [0.15, 0.2) is 36.5 Å². The van der Waals surface area contributed by atoms with Gasteiger partial charge in [0.1, 0.15) is 0 Å². The van der Waals surface area contributed by atoms with Crippen LogP contribution >= 0.6 is 11.3 Å². The van der Waals surface area contributed by atoms with E-state index in [1.807, 2.05) is 20.3 Å². The second-order valence-corrected chi connectivity index (χ2v) is 8.56. The van der Waals surface area contributed by atoms with Crippen LogP contribution in [0.5, 0.6) is 0 Å². The first kappa shape index (κ1) is 18.4. The molecule has 3 rings (SSSR count). The molecule has 25 heavy (non-hydrogen) atoms. The summed E-state index contributed by atoms with van der Waals surface area (Å²) in [4.78, 5) is 10.3. The van der Waals surface area contributed by atoms with Gasteiger partial charge in [-0.2, -0.15) is 0 Å². The minimum absolute atomic E-state index is 0.0309. The molecule has 1 fully saturated rings. The molecule has 0 aliphatic carbocycles. The molecule has 1 aliphatic rings. The summed E-state index contributed by atoms with van der Waals surface area (Å²) in [5, 5.41) is 11.2. The minimum atomic E-state index is 0.0309. The van der Waals surface area contributed by atoms with E-state index in [-0.39, 0.29) is 12.0 Å². The Bertz CT molecular complexity index is 658. The number of hydrogen-bond donors (Lipinski definition) is 1. The first-order valence-electron chi connectivity index (χ1n) is 9.09. The van der Waals surface area contributed by atoms with Crippen LogP contribution in [0.2, 0.25) is 0 Å². The molecule has 4 nitrogen and oxygen atoms in total. The van der Waals surface area contributed by atoms with E-state index in [0.29, 0.717) is 0 Å². The second kappa shape index (κ2) is 8.30. The van der Waals surface area contributed by atoms with Gasteiger partial charge in [-0.15, -0.1) is 11.3 Å². The number of likely N-dealkylation sites (tertiary alicyclic amines) is 1. The van der Waals surface area contributed by atoms with Gasteiger partial charge in [-0.05, 0) is 37.8 Å². The second-order valence-electron chi connectivity index (χ2n) is 7.46. The van der Waals surface area contributed by atoms with Gasteiger partial charge in [-0.1, -0.05) is 30.3 Å². The Hall–Kier alpha value is -1.43. The van der Waals surface area contributed by atoms with E-state index in [1.165, 1.54) is 10.4 Å². The molecule has 0 spiro atoms. The Morgan fingerprint density at radius 2 is 2.08 bits per heavy atom. The van der Waals surface area contributed by atoms with Crippen LogP contribution in [0.3, 0.4) is 0 Å². The molecule has 1 aliphatic heterocycles. The maximum absolute atomic E-state index is 10.1. The van der Waals surface area contributed by atoms with Gasteiger partial charge in [0.15, 0.2) is 5.13 Å².